The maximum atomic E-state index is 12.3. The molecule has 2 amide bonds. The molecule has 0 aliphatic heterocycles. The number of hydrogen-bond donors (Lipinski definition) is 2. The minimum absolute atomic E-state index is 0.196. The Hall–Kier alpha value is -3.87. The molecular formula is C21H19N3O4. The number of nitrogens with zero attached hydrogens (tertiary/aromatic N) is 1. The molecule has 7 nitrogen and oxygen atoms in total. The van der Waals surface area contributed by atoms with Crippen molar-refractivity contribution in [2.75, 3.05) is 12.4 Å². The minimum atomic E-state index is -0.585. The van der Waals surface area contributed by atoms with Crippen LogP contribution >= 0.6 is 0 Å². The Labute approximate surface area is 162 Å². The molecule has 0 bridgehead atoms. The van der Waals surface area contributed by atoms with Crippen molar-refractivity contribution in [3.05, 3.63) is 78.0 Å². The van der Waals surface area contributed by atoms with Crippen LogP contribution in [0.25, 0.3) is 0 Å². The predicted molar refractivity (Wildman–Crippen MR) is 105 cm³/mol. The average Bonchev–Trinajstić information content (AvgIpc) is 2.69. The summed E-state index contributed by atoms with van der Waals surface area (Å²) in [4.78, 5) is 27.9. The van der Waals surface area contributed by atoms with E-state index in [1.54, 1.807) is 55.6 Å². The van der Waals surface area contributed by atoms with Gasteiger partial charge in [-0.1, -0.05) is 24.3 Å². The van der Waals surface area contributed by atoms with Crippen LogP contribution in [0.15, 0.2) is 66.9 Å². The maximum Gasteiger partial charge on any atom is 0.252 e. The average molecular weight is 377 g/mol. The van der Waals surface area contributed by atoms with Crippen LogP contribution in [0.3, 0.4) is 0 Å². The summed E-state index contributed by atoms with van der Waals surface area (Å²) in [6, 6.07) is 17.1. The summed E-state index contributed by atoms with van der Waals surface area (Å²) in [7, 11) is 1.59. The molecule has 0 radical (unpaired) electrons. The summed E-state index contributed by atoms with van der Waals surface area (Å²) >= 11 is 0. The molecule has 0 fully saturated rings. The fraction of sp³-hybridized carbons (Fsp3) is 0.0952. The summed E-state index contributed by atoms with van der Waals surface area (Å²) in [6.45, 7) is 0. The minimum Gasteiger partial charge on any atom is -0.497 e. The van der Waals surface area contributed by atoms with Crippen molar-refractivity contribution in [2.45, 2.75) is 6.42 Å². The summed E-state index contributed by atoms with van der Waals surface area (Å²) < 4.78 is 10.8. The van der Waals surface area contributed by atoms with Crippen molar-refractivity contribution in [1.82, 2.24) is 4.98 Å². The largest absolute Gasteiger partial charge is 0.497 e. The molecule has 3 aromatic rings. The van der Waals surface area contributed by atoms with E-state index in [9.17, 15) is 9.59 Å². The Kier molecular flexibility index (Phi) is 5.86. The summed E-state index contributed by atoms with van der Waals surface area (Å²) in [5.41, 5.74) is 6.48. The lowest BCUT2D eigenvalue weighted by atomic mass is 10.1. The van der Waals surface area contributed by atoms with Gasteiger partial charge in [-0.2, -0.15) is 0 Å². The van der Waals surface area contributed by atoms with E-state index in [0.717, 1.165) is 11.3 Å². The number of aromatic nitrogens is 1. The molecule has 0 unspecified atom stereocenters. The molecule has 0 saturated carbocycles. The zero-order chi connectivity index (χ0) is 19.9. The second kappa shape index (κ2) is 8.68. The summed E-state index contributed by atoms with van der Waals surface area (Å²) in [5.74, 6) is 1.02. The number of nitrogens with one attached hydrogen (secondary N) is 1. The van der Waals surface area contributed by atoms with Crippen molar-refractivity contribution in [1.29, 1.82) is 0 Å². The van der Waals surface area contributed by atoms with E-state index >= 15 is 0 Å². The fourth-order valence-electron chi connectivity index (χ4n) is 2.54. The van der Waals surface area contributed by atoms with Crippen LogP contribution in [0.1, 0.15) is 15.9 Å². The van der Waals surface area contributed by atoms with Gasteiger partial charge in [-0.05, 0) is 35.9 Å². The number of ether oxygens (including phenoxy) is 2. The molecule has 1 heterocycles. The molecule has 0 spiro atoms. The molecule has 0 saturated heterocycles. The topological polar surface area (TPSA) is 104 Å². The van der Waals surface area contributed by atoms with Gasteiger partial charge < -0.3 is 20.5 Å². The highest BCUT2D eigenvalue weighted by atomic mass is 16.5. The third kappa shape index (κ3) is 4.85. The molecule has 7 heteroatoms. The van der Waals surface area contributed by atoms with E-state index in [2.05, 4.69) is 10.3 Å². The monoisotopic (exact) mass is 377 g/mol. The summed E-state index contributed by atoms with van der Waals surface area (Å²) in [6.07, 6.45) is 1.70. The van der Waals surface area contributed by atoms with Gasteiger partial charge in [-0.25, -0.2) is 4.98 Å². The number of primary amides is 1. The van der Waals surface area contributed by atoms with Crippen molar-refractivity contribution in [3.8, 4) is 17.2 Å². The molecule has 28 heavy (non-hydrogen) atoms. The maximum absolute atomic E-state index is 12.3. The first kappa shape index (κ1) is 18.9. The van der Waals surface area contributed by atoms with Crippen LogP contribution in [-0.4, -0.2) is 23.9 Å². The molecule has 142 valence electrons. The van der Waals surface area contributed by atoms with Gasteiger partial charge >= 0.3 is 0 Å². The van der Waals surface area contributed by atoms with Crippen molar-refractivity contribution < 1.29 is 19.1 Å². The Morgan fingerprint density at radius 3 is 2.50 bits per heavy atom. The Morgan fingerprint density at radius 2 is 1.79 bits per heavy atom. The quantitative estimate of drug-likeness (QED) is 0.658. The number of rotatable bonds is 7. The highest BCUT2D eigenvalue weighted by molar-refractivity contribution is 5.95. The lowest BCUT2D eigenvalue weighted by Gasteiger charge is -2.10. The molecule has 2 aromatic carbocycles. The van der Waals surface area contributed by atoms with E-state index in [0.29, 0.717) is 17.3 Å². The van der Waals surface area contributed by atoms with E-state index in [4.69, 9.17) is 15.2 Å². The fourth-order valence-corrected chi connectivity index (χ4v) is 2.54. The van der Waals surface area contributed by atoms with Gasteiger partial charge in [0.15, 0.2) is 0 Å². The Morgan fingerprint density at radius 1 is 1.04 bits per heavy atom. The van der Waals surface area contributed by atoms with Crippen molar-refractivity contribution in [2.24, 2.45) is 5.73 Å². The third-order valence-electron chi connectivity index (χ3n) is 3.90. The molecule has 0 aliphatic carbocycles. The number of para-hydroxylation sites is 1. The lowest BCUT2D eigenvalue weighted by molar-refractivity contribution is -0.115. The summed E-state index contributed by atoms with van der Waals surface area (Å²) in [5, 5.41) is 2.73. The molecule has 3 rings (SSSR count). The number of nitrogens with two attached hydrogens (primary N) is 1. The number of carbonyl (C=O) groups excluding carboxylic acids is 2. The zero-order valence-corrected chi connectivity index (χ0v) is 15.2. The van der Waals surface area contributed by atoms with Crippen LogP contribution in [0.4, 0.5) is 5.82 Å². The molecule has 1 aromatic heterocycles. The van der Waals surface area contributed by atoms with Gasteiger partial charge in [0, 0.05) is 12.3 Å². The van der Waals surface area contributed by atoms with Gasteiger partial charge in [-0.3, -0.25) is 9.59 Å². The van der Waals surface area contributed by atoms with Crippen molar-refractivity contribution in [3.63, 3.8) is 0 Å². The molecule has 3 N–H and O–H groups in total. The first-order valence-electron chi connectivity index (χ1n) is 8.50. The second-order valence-electron chi connectivity index (χ2n) is 5.91. The zero-order valence-electron chi connectivity index (χ0n) is 15.2. The normalized spacial score (nSPS) is 10.2. The van der Waals surface area contributed by atoms with Crippen LogP contribution < -0.4 is 20.5 Å². The SMILES string of the molecule is COc1ccc(CC(=O)Nc2cc(Oc3ccccc3C(N)=O)ccn2)cc1. The number of amides is 2. The first-order valence-corrected chi connectivity index (χ1v) is 8.50. The van der Waals surface area contributed by atoms with Crippen molar-refractivity contribution >= 4 is 17.6 Å². The Balaban J connectivity index is 1.67. The van der Waals surface area contributed by atoms with Crippen LogP contribution in [0, 0.1) is 0 Å². The van der Waals surface area contributed by atoms with E-state index in [-0.39, 0.29) is 17.9 Å². The number of methoxy groups -OCH3 is 1. The number of carbonyl (C=O) groups is 2. The van der Waals surface area contributed by atoms with E-state index < -0.39 is 5.91 Å². The van der Waals surface area contributed by atoms with Gasteiger partial charge in [0.25, 0.3) is 5.91 Å². The highest BCUT2D eigenvalue weighted by Gasteiger charge is 2.11. The Bertz CT molecular complexity index is 987. The number of benzene rings is 2. The van der Waals surface area contributed by atoms with Gasteiger partial charge in [0.05, 0.1) is 19.1 Å². The van der Waals surface area contributed by atoms with Gasteiger partial charge in [0.2, 0.25) is 5.91 Å². The number of pyridine rings is 1. The highest BCUT2D eigenvalue weighted by Crippen LogP contribution is 2.26. The van der Waals surface area contributed by atoms with Crippen LogP contribution in [-0.2, 0) is 11.2 Å². The van der Waals surface area contributed by atoms with Crippen LogP contribution in [0.5, 0.6) is 17.2 Å². The van der Waals surface area contributed by atoms with E-state index in [1.165, 1.54) is 6.20 Å². The first-order chi connectivity index (χ1) is 13.5. The molecule has 0 atom stereocenters. The van der Waals surface area contributed by atoms with Crippen LogP contribution in [0.2, 0.25) is 0 Å². The lowest BCUT2D eigenvalue weighted by Crippen LogP contribution is -2.15. The standard InChI is InChI=1S/C21H19N3O4/c1-27-15-8-6-14(7-9-15)12-20(25)24-19-13-16(10-11-23-19)28-18-5-3-2-4-17(18)21(22)26/h2-11,13H,12H2,1H3,(H2,22,26)(H,23,24,25). The smallest absolute Gasteiger partial charge is 0.252 e. The van der Waals surface area contributed by atoms with Gasteiger partial charge in [0.1, 0.15) is 23.1 Å². The van der Waals surface area contributed by atoms with Gasteiger partial charge in [-0.15, -0.1) is 0 Å². The number of anilines is 1. The molecule has 0 aliphatic rings. The molecular weight excluding hydrogens is 358 g/mol. The third-order valence-corrected chi connectivity index (χ3v) is 3.90. The second-order valence-corrected chi connectivity index (χ2v) is 5.91. The predicted octanol–water partition coefficient (Wildman–Crippen LogP) is 3.16. The number of hydrogen-bond acceptors (Lipinski definition) is 5. The van der Waals surface area contributed by atoms with E-state index in [1.807, 2.05) is 12.1 Å².